The zero-order chi connectivity index (χ0) is 43.5. The van der Waals surface area contributed by atoms with Crippen molar-refractivity contribution in [1.82, 2.24) is 4.57 Å². The third kappa shape index (κ3) is 6.64. The minimum atomic E-state index is -0.0790. The Morgan fingerprint density at radius 2 is 1.08 bits per heavy atom. The topological polar surface area (TPSA) is 8.17 Å². The second-order valence-corrected chi connectivity index (χ2v) is 18.1. The van der Waals surface area contributed by atoms with Gasteiger partial charge in [-0.1, -0.05) is 184 Å². The standard InChI is InChI=1S/C63H48N2/c1-63(2)58-27-11-9-24-55(58)56-39-38-53(42-59(56)63)65-60-28-12-10-25-57(60)62-54(26-15-29-61(62)65)49-20-13-18-47(40-49)48-19-14-23-52(41-48)64(50-21-7-4-8-22-50)51-36-34-46(35-37-51)45-32-30-44(31-33-45)43-16-5-3-6-17-43/h3-16,18-43H,17H2,1-2H3. The summed E-state index contributed by atoms with van der Waals surface area (Å²) in [6.45, 7) is 4.72. The van der Waals surface area contributed by atoms with Crippen LogP contribution in [-0.4, -0.2) is 4.57 Å². The van der Waals surface area contributed by atoms with Crippen molar-refractivity contribution in [3.63, 3.8) is 0 Å². The molecule has 10 aromatic rings. The van der Waals surface area contributed by atoms with Crippen LogP contribution in [0, 0.1) is 0 Å². The van der Waals surface area contributed by atoms with E-state index >= 15 is 0 Å². The van der Waals surface area contributed by atoms with E-state index in [4.69, 9.17) is 0 Å². The molecule has 0 saturated carbocycles. The van der Waals surface area contributed by atoms with Crippen molar-refractivity contribution in [3.05, 3.63) is 253 Å². The quantitative estimate of drug-likeness (QED) is 0.148. The monoisotopic (exact) mass is 832 g/mol. The van der Waals surface area contributed by atoms with Gasteiger partial charge in [0.1, 0.15) is 0 Å². The number of para-hydroxylation sites is 2. The van der Waals surface area contributed by atoms with E-state index in [1.807, 2.05) is 0 Å². The number of rotatable bonds is 8. The van der Waals surface area contributed by atoms with Crippen LogP contribution in [0.1, 0.15) is 42.9 Å². The molecule has 310 valence electrons. The van der Waals surface area contributed by atoms with E-state index in [1.165, 1.54) is 88.7 Å². The fraction of sp³-hybridized carbons (Fsp3) is 0.0794. The highest BCUT2D eigenvalue weighted by molar-refractivity contribution is 6.16. The first-order valence-electron chi connectivity index (χ1n) is 22.9. The summed E-state index contributed by atoms with van der Waals surface area (Å²) in [5, 5.41) is 2.52. The molecule has 0 aliphatic heterocycles. The summed E-state index contributed by atoms with van der Waals surface area (Å²) in [6, 6.07) is 78.4. The average molecular weight is 833 g/mol. The lowest BCUT2D eigenvalue weighted by atomic mass is 9.82. The average Bonchev–Trinajstić information content (AvgIpc) is 3.83. The summed E-state index contributed by atoms with van der Waals surface area (Å²) >= 11 is 0. The number of aromatic nitrogens is 1. The van der Waals surface area contributed by atoms with Crippen LogP contribution in [0.25, 0.3) is 72.0 Å². The van der Waals surface area contributed by atoms with E-state index in [9.17, 15) is 0 Å². The van der Waals surface area contributed by atoms with Crippen LogP contribution >= 0.6 is 0 Å². The minimum absolute atomic E-state index is 0.0790. The summed E-state index contributed by atoms with van der Waals surface area (Å²) in [5.41, 5.74) is 20.9. The van der Waals surface area contributed by atoms with Gasteiger partial charge in [-0.25, -0.2) is 0 Å². The van der Waals surface area contributed by atoms with Crippen LogP contribution in [0.4, 0.5) is 17.1 Å². The Labute approximate surface area is 381 Å². The van der Waals surface area contributed by atoms with Crippen LogP contribution in [0.5, 0.6) is 0 Å². The number of fused-ring (bicyclic) bond motifs is 6. The highest BCUT2D eigenvalue weighted by Gasteiger charge is 2.35. The molecule has 2 nitrogen and oxygen atoms in total. The molecule has 1 heterocycles. The van der Waals surface area contributed by atoms with Crippen molar-refractivity contribution in [2.75, 3.05) is 4.90 Å². The molecular weight excluding hydrogens is 785 g/mol. The third-order valence-electron chi connectivity index (χ3n) is 13.9. The molecule has 0 bridgehead atoms. The van der Waals surface area contributed by atoms with Gasteiger partial charge in [-0.3, -0.25) is 0 Å². The van der Waals surface area contributed by atoms with Gasteiger partial charge < -0.3 is 9.47 Å². The SMILES string of the molecule is CC1(C)c2ccccc2-c2ccc(-n3c4ccccc4c4c(-c5cccc(-c6cccc(N(c7ccccc7)c7ccc(-c8ccc(C9C=CC=CC9)cc8)cc7)c6)c5)cccc43)cc21. The van der Waals surface area contributed by atoms with Crippen LogP contribution < -0.4 is 4.90 Å². The first kappa shape index (κ1) is 38.7. The van der Waals surface area contributed by atoms with Crippen molar-refractivity contribution >= 4 is 38.9 Å². The van der Waals surface area contributed by atoms with E-state index < -0.39 is 0 Å². The Morgan fingerprint density at radius 1 is 0.446 bits per heavy atom. The number of hydrogen-bond acceptors (Lipinski definition) is 1. The maximum absolute atomic E-state index is 2.47. The Bertz CT molecular complexity index is 3470. The molecule has 0 amide bonds. The molecule has 1 aromatic heterocycles. The van der Waals surface area contributed by atoms with Crippen molar-refractivity contribution in [2.24, 2.45) is 0 Å². The van der Waals surface area contributed by atoms with E-state index in [2.05, 4.69) is 260 Å². The van der Waals surface area contributed by atoms with Crippen LogP contribution in [-0.2, 0) is 5.41 Å². The summed E-state index contributed by atoms with van der Waals surface area (Å²) in [5.74, 6) is 0.449. The molecular formula is C63H48N2. The van der Waals surface area contributed by atoms with Gasteiger partial charge >= 0.3 is 0 Å². The van der Waals surface area contributed by atoms with Gasteiger partial charge in [0.05, 0.1) is 11.0 Å². The van der Waals surface area contributed by atoms with Crippen molar-refractivity contribution < 1.29 is 0 Å². The summed E-state index contributed by atoms with van der Waals surface area (Å²) < 4.78 is 2.47. The van der Waals surface area contributed by atoms with Crippen LogP contribution in [0.15, 0.2) is 237 Å². The number of hydrogen-bond donors (Lipinski definition) is 0. The van der Waals surface area contributed by atoms with E-state index in [0.29, 0.717) is 5.92 Å². The fourth-order valence-electron chi connectivity index (χ4n) is 10.6. The van der Waals surface area contributed by atoms with Crippen LogP contribution in [0.3, 0.4) is 0 Å². The number of benzene rings is 9. The first-order valence-corrected chi connectivity index (χ1v) is 22.9. The van der Waals surface area contributed by atoms with Gasteiger partial charge in [-0.15, -0.1) is 0 Å². The predicted molar refractivity (Wildman–Crippen MR) is 275 cm³/mol. The molecule has 2 heteroatoms. The van der Waals surface area contributed by atoms with Crippen LogP contribution in [0.2, 0.25) is 0 Å². The maximum Gasteiger partial charge on any atom is 0.0547 e. The summed E-state index contributed by atoms with van der Waals surface area (Å²) in [7, 11) is 0. The van der Waals surface area contributed by atoms with Gasteiger partial charge in [-0.05, 0) is 134 Å². The van der Waals surface area contributed by atoms with Crippen molar-refractivity contribution in [3.8, 4) is 50.2 Å². The highest BCUT2D eigenvalue weighted by Crippen LogP contribution is 2.50. The molecule has 1 atom stereocenters. The zero-order valence-electron chi connectivity index (χ0n) is 36.7. The lowest BCUT2D eigenvalue weighted by Crippen LogP contribution is -2.15. The van der Waals surface area contributed by atoms with Crippen molar-refractivity contribution in [1.29, 1.82) is 0 Å². The van der Waals surface area contributed by atoms with E-state index in [0.717, 1.165) is 23.5 Å². The fourth-order valence-corrected chi connectivity index (χ4v) is 10.6. The zero-order valence-corrected chi connectivity index (χ0v) is 36.7. The normalized spacial score (nSPS) is 14.7. The molecule has 12 rings (SSSR count). The largest absolute Gasteiger partial charge is 0.310 e. The lowest BCUT2D eigenvalue weighted by Gasteiger charge is -2.26. The van der Waals surface area contributed by atoms with Crippen molar-refractivity contribution in [2.45, 2.75) is 31.6 Å². The molecule has 2 aliphatic carbocycles. The van der Waals surface area contributed by atoms with E-state index in [1.54, 1.807) is 0 Å². The lowest BCUT2D eigenvalue weighted by molar-refractivity contribution is 0.660. The summed E-state index contributed by atoms with van der Waals surface area (Å²) in [4.78, 5) is 2.36. The molecule has 2 aliphatic rings. The summed E-state index contributed by atoms with van der Waals surface area (Å²) in [6.07, 6.45) is 9.90. The molecule has 0 fully saturated rings. The molecule has 9 aromatic carbocycles. The molecule has 0 saturated heterocycles. The third-order valence-corrected chi connectivity index (χ3v) is 13.9. The number of nitrogens with zero attached hydrogens (tertiary/aromatic N) is 2. The Balaban J connectivity index is 0.902. The number of anilines is 3. The van der Waals surface area contributed by atoms with Gasteiger partial charge in [0.15, 0.2) is 0 Å². The minimum Gasteiger partial charge on any atom is -0.310 e. The smallest absolute Gasteiger partial charge is 0.0547 e. The molecule has 0 spiro atoms. The highest BCUT2D eigenvalue weighted by atomic mass is 15.1. The maximum atomic E-state index is 2.47. The Kier molecular flexibility index (Phi) is 9.35. The first-order chi connectivity index (χ1) is 32.0. The van der Waals surface area contributed by atoms with Gasteiger partial charge in [0.25, 0.3) is 0 Å². The Hall–Kier alpha value is -7.94. The Morgan fingerprint density at radius 3 is 1.89 bits per heavy atom. The number of allylic oxidation sites excluding steroid dienone is 4. The van der Waals surface area contributed by atoms with Gasteiger partial charge in [-0.2, -0.15) is 0 Å². The van der Waals surface area contributed by atoms with Gasteiger partial charge in [0, 0.05) is 44.9 Å². The molecule has 0 N–H and O–H groups in total. The van der Waals surface area contributed by atoms with Gasteiger partial charge in [0.2, 0.25) is 0 Å². The molecule has 0 radical (unpaired) electrons. The molecule has 1 unspecified atom stereocenters. The molecule has 65 heavy (non-hydrogen) atoms. The van der Waals surface area contributed by atoms with E-state index in [-0.39, 0.29) is 5.41 Å². The second kappa shape index (κ2) is 15.7. The predicted octanol–water partition coefficient (Wildman–Crippen LogP) is 17.2. The second-order valence-electron chi connectivity index (χ2n) is 18.1.